The molecule has 0 saturated heterocycles. The van der Waals surface area contributed by atoms with Crippen LogP contribution in [0.3, 0.4) is 0 Å². The fourth-order valence-corrected chi connectivity index (χ4v) is 2.87. The summed E-state index contributed by atoms with van der Waals surface area (Å²) in [5.41, 5.74) is 1.90. The molecule has 0 aliphatic carbocycles. The topological polar surface area (TPSA) is 58.2 Å². The van der Waals surface area contributed by atoms with E-state index in [2.05, 4.69) is 10.6 Å². The van der Waals surface area contributed by atoms with Crippen molar-refractivity contribution in [1.29, 1.82) is 0 Å². The van der Waals surface area contributed by atoms with E-state index in [0.29, 0.717) is 11.3 Å². The molecule has 2 N–H and O–H groups in total. The molecule has 3 aromatic carbocycles. The third-order valence-corrected chi connectivity index (χ3v) is 4.09. The fraction of sp³-hybridized carbons (Fsp3) is 0.130. The first-order chi connectivity index (χ1) is 13.0. The Morgan fingerprint density at radius 1 is 0.889 bits per heavy atom. The van der Waals surface area contributed by atoms with Crippen LogP contribution in [0.15, 0.2) is 72.8 Å². The predicted molar refractivity (Wildman–Crippen MR) is 111 cm³/mol. The predicted octanol–water partition coefficient (Wildman–Crippen LogP) is 4.63. The second-order valence-corrected chi connectivity index (χ2v) is 6.56. The Labute approximate surface area is 158 Å². The SMILES string of the molecule is CC(C)NC(=O)c1ccccc1NC(=O)C=Cc1cccc2ccccc12. The fourth-order valence-electron chi connectivity index (χ4n) is 2.87. The van der Waals surface area contributed by atoms with Gasteiger partial charge in [-0.25, -0.2) is 0 Å². The van der Waals surface area contributed by atoms with Gasteiger partial charge >= 0.3 is 0 Å². The molecule has 0 radical (unpaired) electrons. The zero-order valence-corrected chi connectivity index (χ0v) is 15.4. The molecule has 0 aromatic heterocycles. The summed E-state index contributed by atoms with van der Waals surface area (Å²) < 4.78 is 0. The first kappa shape index (κ1) is 18.4. The number of hydrogen-bond donors (Lipinski definition) is 2. The van der Waals surface area contributed by atoms with E-state index in [-0.39, 0.29) is 17.9 Å². The zero-order chi connectivity index (χ0) is 19.2. The number of amides is 2. The van der Waals surface area contributed by atoms with Gasteiger partial charge in [0, 0.05) is 12.1 Å². The Balaban J connectivity index is 1.78. The molecule has 3 rings (SSSR count). The first-order valence-corrected chi connectivity index (χ1v) is 8.91. The molecule has 0 aliphatic rings. The van der Waals surface area contributed by atoms with Crippen LogP contribution in [-0.2, 0) is 4.79 Å². The van der Waals surface area contributed by atoms with Crippen LogP contribution >= 0.6 is 0 Å². The van der Waals surface area contributed by atoms with Gasteiger partial charge in [0.1, 0.15) is 0 Å². The summed E-state index contributed by atoms with van der Waals surface area (Å²) >= 11 is 0. The highest BCUT2D eigenvalue weighted by Gasteiger charge is 2.12. The average Bonchev–Trinajstić information content (AvgIpc) is 2.66. The van der Waals surface area contributed by atoms with Crippen molar-refractivity contribution in [3.63, 3.8) is 0 Å². The maximum atomic E-state index is 12.4. The van der Waals surface area contributed by atoms with Crippen molar-refractivity contribution in [3.05, 3.63) is 83.9 Å². The first-order valence-electron chi connectivity index (χ1n) is 8.91. The van der Waals surface area contributed by atoms with E-state index in [1.165, 1.54) is 6.08 Å². The third kappa shape index (κ3) is 4.61. The Hall–Kier alpha value is -3.40. The highest BCUT2D eigenvalue weighted by Crippen LogP contribution is 2.20. The van der Waals surface area contributed by atoms with E-state index < -0.39 is 0 Å². The lowest BCUT2D eigenvalue weighted by Gasteiger charge is -2.12. The summed E-state index contributed by atoms with van der Waals surface area (Å²) in [6.07, 6.45) is 3.27. The number of anilines is 1. The minimum Gasteiger partial charge on any atom is -0.350 e. The van der Waals surface area contributed by atoms with E-state index in [1.54, 1.807) is 30.3 Å². The molecule has 0 aliphatic heterocycles. The second kappa shape index (κ2) is 8.32. The molecule has 2 amide bonds. The molecule has 4 heteroatoms. The van der Waals surface area contributed by atoms with Crippen molar-refractivity contribution in [2.24, 2.45) is 0 Å². The van der Waals surface area contributed by atoms with E-state index in [9.17, 15) is 9.59 Å². The summed E-state index contributed by atoms with van der Waals surface area (Å²) in [5.74, 6) is -0.494. The summed E-state index contributed by atoms with van der Waals surface area (Å²) in [7, 11) is 0. The number of rotatable bonds is 5. The van der Waals surface area contributed by atoms with E-state index in [4.69, 9.17) is 0 Å². The van der Waals surface area contributed by atoms with Crippen molar-refractivity contribution < 1.29 is 9.59 Å². The van der Waals surface area contributed by atoms with Gasteiger partial charge in [-0.15, -0.1) is 0 Å². The number of nitrogens with one attached hydrogen (secondary N) is 2. The minimum absolute atomic E-state index is 0.0208. The second-order valence-electron chi connectivity index (χ2n) is 6.56. The molecule has 0 bridgehead atoms. The largest absolute Gasteiger partial charge is 0.350 e. The number of hydrogen-bond acceptors (Lipinski definition) is 2. The van der Waals surface area contributed by atoms with E-state index >= 15 is 0 Å². The van der Waals surface area contributed by atoms with Gasteiger partial charge in [0.25, 0.3) is 5.91 Å². The summed E-state index contributed by atoms with van der Waals surface area (Å²) in [6, 6.07) is 21.0. The van der Waals surface area contributed by atoms with Gasteiger partial charge in [-0.2, -0.15) is 0 Å². The molecule has 0 atom stereocenters. The molecule has 0 heterocycles. The molecule has 0 fully saturated rings. The minimum atomic E-state index is -0.285. The number of carbonyl (C=O) groups is 2. The van der Waals surface area contributed by atoms with Crippen LogP contribution in [0, 0.1) is 0 Å². The van der Waals surface area contributed by atoms with E-state index in [0.717, 1.165) is 16.3 Å². The molecule has 3 aromatic rings. The molecule has 0 saturated carbocycles. The van der Waals surface area contributed by atoms with Gasteiger partial charge in [-0.1, -0.05) is 54.6 Å². The highest BCUT2D eigenvalue weighted by molar-refractivity contribution is 6.08. The van der Waals surface area contributed by atoms with Crippen molar-refractivity contribution >= 4 is 34.4 Å². The van der Waals surface area contributed by atoms with Crippen LogP contribution in [0.2, 0.25) is 0 Å². The Bertz CT molecular complexity index is 1000. The third-order valence-electron chi connectivity index (χ3n) is 4.09. The summed E-state index contributed by atoms with van der Waals surface area (Å²) in [6.45, 7) is 3.79. The van der Waals surface area contributed by atoms with Gasteiger partial charge in [-0.05, 0) is 48.4 Å². The quantitative estimate of drug-likeness (QED) is 0.653. The zero-order valence-electron chi connectivity index (χ0n) is 15.4. The lowest BCUT2D eigenvalue weighted by molar-refractivity contribution is -0.111. The average molecular weight is 358 g/mol. The molecule has 0 spiro atoms. The number of benzene rings is 3. The van der Waals surface area contributed by atoms with Gasteiger partial charge in [0.05, 0.1) is 11.3 Å². The van der Waals surface area contributed by atoms with Crippen LogP contribution in [0.1, 0.15) is 29.8 Å². The molecular formula is C23H22N2O2. The lowest BCUT2D eigenvalue weighted by atomic mass is 10.0. The molecular weight excluding hydrogens is 336 g/mol. The highest BCUT2D eigenvalue weighted by atomic mass is 16.2. The van der Waals surface area contributed by atoms with Crippen molar-refractivity contribution in [2.75, 3.05) is 5.32 Å². The van der Waals surface area contributed by atoms with Crippen molar-refractivity contribution in [1.82, 2.24) is 5.32 Å². The maximum absolute atomic E-state index is 12.4. The van der Waals surface area contributed by atoms with E-state index in [1.807, 2.05) is 56.3 Å². The van der Waals surface area contributed by atoms with Gasteiger partial charge in [0.15, 0.2) is 0 Å². The summed E-state index contributed by atoms with van der Waals surface area (Å²) in [5, 5.41) is 7.84. The van der Waals surface area contributed by atoms with Crippen LogP contribution < -0.4 is 10.6 Å². The normalized spacial score (nSPS) is 11.1. The van der Waals surface area contributed by atoms with Crippen LogP contribution in [0.4, 0.5) is 5.69 Å². The summed E-state index contributed by atoms with van der Waals surface area (Å²) in [4.78, 5) is 24.7. The number of carbonyl (C=O) groups excluding carboxylic acids is 2. The maximum Gasteiger partial charge on any atom is 0.253 e. The van der Waals surface area contributed by atoms with Crippen LogP contribution in [-0.4, -0.2) is 17.9 Å². The van der Waals surface area contributed by atoms with Gasteiger partial charge in [-0.3, -0.25) is 9.59 Å². The smallest absolute Gasteiger partial charge is 0.253 e. The van der Waals surface area contributed by atoms with Crippen molar-refractivity contribution in [3.8, 4) is 0 Å². The molecule has 27 heavy (non-hydrogen) atoms. The Morgan fingerprint density at radius 2 is 1.59 bits per heavy atom. The van der Waals surface area contributed by atoms with Gasteiger partial charge < -0.3 is 10.6 Å². The standard InChI is InChI=1S/C23H22N2O2/c1-16(2)24-23(27)20-12-5-6-13-21(20)25-22(26)15-14-18-10-7-9-17-8-3-4-11-19(17)18/h3-16H,1-2H3,(H,24,27)(H,25,26). The number of para-hydroxylation sites is 1. The lowest BCUT2D eigenvalue weighted by Crippen LogP contribution is -2.30. The van der Waals surface area contributed by atoms with Gasteiger partial charge in [0.2, 0.25) is 5.91 Å². The van der Waals surface area contributed by atoms with Crippen LogP contribution in [0.5, 0.6) is 0 Å². The molecule has 4 nitrogen and oxygen atoms in total. The molecule has 0 unspecified atom stereocenters. The molecule has 136 valence electrons. The monoisotopic (exact) mass is 358 g/mol. The van der Waals surface area contributed by atoms with Crippen molar-refractivity contribution in [2.45, 2.75) is 19.9 Å². The van der Waals surface area contributed by atoms with Crippen LogP contribution in [0.25, 0.3) is 16.8 Å². The Morgan fingerprint density at radius 3 is 2.41 bits per heavy atom. The number of fused-ring (bicyclic) bond motifs is 1. The Kier molecular flexibility index (Phi) is 5.67.